The summed E-state index contributed by atoms with van der Waals surface area (Å²) in [7, 11) is 0. The molecule has 3 heteroatoms. The molecule has 0 unspecified atom stereocenters. The summed E-state index contributed by atoms with van der Waals surface area (Å²) >= 11 is 2.01. The summed E-state index contributed by atoms with van der Waals surface area (Å²) in [5, 5.41) is 10.6. The summed E-state index contributed by atoms with van der Waals surface area (Å²) in [6.45, 7) is 0. The first-order chi connectivity index (χ1) is 6.18. The van der Waals surface area contributed by atoms with Crippen LogP contribution in [0.25, 0.3) is 10.8 Å². The highest BCUT2D eigenvalue weighted by Gasteiger charge is 2.05. The van der Waals surface area contributed by atoms with Crippen molar-refractivity contribution < 1.29 is 9.50 Å². The Labute approximate surface area is 88.3 Å². The molecule has 13 heavy (non-hydrogen) atoms. The van der Waals surface area contributed by atoms with Crippen LogP contribution in [0.15, 0.2) is 30.3 Å². The minimum absolute atomic E-state index is 0.169. The van der Waals surface area contributed by atoms with Crippen molar-refractivity contribution in [1.82, 2.24) is 0 Å². The molecule has 0 spiro atoms. The lowest BCUT2D eigenvalue weighted by molar-refractivity contribution is 0.475. The number of phenolic OH excluding ortho intramolecular Hbond substituents is 1. The molecule has 0 saturated heterocycles. The van der Waals surface area contributed by atoms with Gasteiger partial charge in [-0.05, 0) is 46.2 Å². The van der Waals surface area contributed by atoms with Crippen LogP contribution in [0.2, 0.25) is 0 Å². The van der Waals surface area contributed by atoms with Gasteiger partial charge in [0.2, 0.25) is 0 Å². The van der Waals surface area contributed by atoms with Crippen LogP contribution in [-0.2, 0) is 0 Å². The van der Waals surface area contributed by atoms with Gasteiger partial charge in [0, 0.05) is 8.96 Å². The van der Waals surface area contributed by atoms with E-state index < -0.39 is 0 Å². The molecule has 0 aliphatic carbocycles. The Morgan fingerprint density at radius 3 is 2.77 bits per heavy atom. The van der Waals surface area contributed by atoms with Crippen molar-refractivity contribution in [2.75, 3.05) is 0 Å². The molecule has 0 heterocycles. The van der Waals surface area contributed by atoms with E-state index in [1.54, 1.807) is 24.3 Å². The first-order valence-electron chi connectivity index (χ1n) is 3.75. The van der Waals surface area contributed by atoms with Crippen LogP contribution in [0.5, 0.6) is 5.75 Å². The van der Waals surface area contributed by atoms with Crippen LogP contribution in [-0.4, -0.2) is 5.11 Å². The second-order valence-electron chi connectivity index (χ2n) is 2.77. The molecule has 1 nitrogen and oxygen atoms in total. The third kappa shape index (κ3) is 1.48. The van der Waals surface area contributed by atoms with Gasteiger partial charge in [0.25, 0.3) is 0 Å². The van der Waals surface area contributed by atoms with Gasteiger partial charge in [-0.15, -0.1) is 0 Å². The molecule has 0 bridgehead atoms. The smallest absolute Gasteiger partial charge is 0.132 e. The average molecular weight is 288 g/mol. The van der Waals surface area contributed by atoms with Gasteiger partial charge in [-0.25, -0.2) is 4.39 Å². The highest BCUT2D eigenvalue weighted by atomic mass is 127. The zero-order valence-corrected chi connectivity index (χ0v) is 8.75. The van der Waals surface area contributed by atoms with Gasteiger partial charge in [-0.3, -0.25) is 0 Å². The Kier molecular flexibility index (Phi) is 2.11. The van der Waals surface area contributed by atoms with E-state index in [1.165, 1.54) is 6.07 Å². The van der Waals surface area contributed by atoms with Crippen molar-refractivity contribution >= 4 is 33.4 Å². The predicted molar refractivity (Wildman–Crippen MR) is 58.3 cm³/mol. The summed E-state index contributed by atoms with van der Waals surface area (Å²) in [6, 6.07) is 7.93. The van der Waals surface area contributed by atoms with E-state index in [9.17, 15) is 9.50 Å². The molecule has 0 aliphatic heterocycles. The van der Waals surface area contributed by atoms with Crippen molar-refractivity contribution in [3.8, 4) is 5.75 Å². The normalized spacial score (nSPS) is 10.6. The van der Waals surface area contributed by atoms with Crippen LogP contribution in [0.1, 0.15) is 0 Å². The quantitative estimate of drug-likeness (QED) is 0.737. The second-order valence-corrected chi connectivity index (χ2v) is 3.93. The first kappa shape index (κ1) is 8.74. The standard InChI is InChI=1S/C10H6FIO/c11-8-3-1-2-6-4-7(13)5-9(12)10(6)8/h1-5,13H. The summed E-state index contributed by atoms with van der Waals surface area (Å²) < 4.78 is 14.0. The van der Waals surface area contributed by atoms with Gasteiger partial charge in [-0.2, -0.15) is 0 Å². The Morgan fingerprint density at radius 2 is 2.00 bits per heavy atom. The third-order valence-corrected chi connectivity index (χ3v) is 2.71. The second kappa shape index (κ2) is 3.14. The Bertz CT molecular complexity index is 468. The molecule has 0 radical (unpaired) electrons. The molecule has 0 atom stereocenters. The topological polar surface area (TPSA) is 20.2 Å². The van der Waals surface area contributed by atoms with Crippen LogP contribution >= 0.6 is 22.6 Å². The average Bonchev–Trinajstić information content (AvgIpc) is 2.02. The molecule has 0 amide bonds. The maximum atomic E-state index is 13.3. The maximum Gasteiger partial charge on any atom is 0.132 e. The molecular formula is C10H6FIO. The maximum absolute atomic E-state index is 13.3. The van der Waals surface area contributed by atoms with Crippen LogP contribution in [0.3, 0.4) is 0 Å². The van der Waals surface area contributed by atoms with Gasteiger partial charge >= 0.3 is 0 Å². The summed E-state index contributed by atoms with van der Waals surface area (Å²) in [4.78, 5) is 0. The molecule has 1 N–H and O–H groups in total. The lowest BCUT2D eigenvalue weighted by Crippen LogP contribution is -1.83. The minimum Gasteiger partial charge on any atom is -0.508 e. The first-order valence-corrected chi connectivity index (χ1v) is 4.83. The third-order valence-electron chi connectivity index (χ3n) is 1.86. The monoisotopic (exact) mass is 288 g/mol. The van der Waals surface area contributed by atoms with Crippen LogP contribution in [0.4, 0.5) is 4.39 Å². The highest BCUT2D eigenvalue weighted by molar-refractivity contribution is 14.1. The van der Waals surface area contributed by atoms with E-state index in [4.69, 9.17) is 0 Å². The molecule has 0 fully saturated rings. The summed E-state index contributed by atoms with van der Waals surface area (Å²) in [6.07, 6.45) is 0. The Morgan fingerprint density at radius 1 is 1.23 bits per heavy atom. The number of benzene rings is 2. The lowest BCUT2D eigenvalue weighted by Gasteiger charge is -2.02. The number of hydrogen-bond donors (Lipinski definition) is 1. The molecule has 66 valence electrons. The van der Waals surface area contributed by atoms with Crippen molar-refractivity contribution in [3.63, 3.8) is 0 Å². The van der Waals surface area contributed by atoms with Crippen LogP contribution in [0, 0.1) is 9.39 Å². The summed E-state index contributed by atoms with van der Waals surface area (Å²) in [5.41, 5.74) is 0. The fourth-order valence-electron chi connectivity index (χ4n) is 1.32. The molecule has 2 aromatic carbocycles. The molecule has 0 saturated carbocycles. The fraction of sp³-hybridized carbons (Fsp3) is 0. The van der Waals surface area contributed by atoms with Gasteiger partial charge in [0.1, 0.15) is 11.6 Å². The number of halogens is 2. The van der Waals surface area contributed by atoms with E-state index in [1.807, 2.05) is 22.6 Å². The van der Waals surface area contributed by atoms with E-state index in [-0.39, 0.29) is 11.6 Å². The molecular weight excluding hydrogens is 282 g/mol. The van der Waals surface area contributed by atoms with Crippen molar-refractivity contribution in [2.45, 2.75) is 0 Å². The Balaban J connectivity index is 2.94. The highest BCUT2D eigenvalue weighted by Crippen LogP contribution is 2.27. The number of aromatic hydroxyl groups is 1. The van der Waals surface area contributed by atoms with Gasteiger partial charge in [0.05, 0.1) is 0 Å². The van der Waals surface area contributed by atoms with Crippen molar-refractivity contribution in [1.29, 1.82) is 0 Å². The molecule has 0 aromatic heterocycles. The fourth-order valence-corrected chi connectivity index (χ4v) is 2.20. The number of rotatable bonds is 0. The zero-order chi connectivity index (χ0) is 9.42. The SMILES string of the molecule is Oc1cc(I)c2c(F)cccc2c1. The van der Waals surface area contributed by atoms with E-state index in [0.29, 0.717) is 5.39 Å². The predicted octanol–water partition coefficient (Wildman–Crippen LogP) is 3.29. The van der Waals surface area contributed by atoms with Gasteiger partial charge < -0.3 is 5.11 Å². The minimum atomic E-state index is -0.248. The lowest BCUT2D eigenvalue weighted by atomic mass is 10.1. The number of hydrogen-bond acceptors (Lipinski definition) is 1. The number of phenols is 1. The van der Waals surface area contributed by atoms with Gasteiger partial charge in [0.15, 0.2) is 0 Å². The Hall–Kier alpha value is -0.840. The number of fused-ring (bicyclic) bond motifs is 1. The van der Waals surface area contributed by atoms with Crippen molar-refractivity contribution in [3.05, 3.63) is 39.7 Å². The van der Waals surface area contributed by atoms with Gasteiger partial charge in [-0.1, -0.05) is 12.1 Å². The zero-order valence-electron chi connectivity index (χ0n) is 6.59. The molecule has 2 rings (SSSR count). The van der Waals surface area contributed by atoms with E-state index in [2.05, 4.69) is 0 Å². The summed E-state index contributed by atoms with van der Waals surface area (Å²) in [5.74, 6) is -0.0793. The van der Waals surface area contributed by atoms with Crippen LogP contribution < -0.4 is 0 Å². The molecule has 0 aliphatic rings. The molecule has 2 aromatic rings. The van der Waals surface area contributed by atoms with E-state index >= 15 is 0 Å². The van der Waals surface area contributed by atoms with Crippen molar-refractivity contribution in [2.24, 2.45) is 0 Å². The largest absolute Gasteiger partial charge is 0.508 e. The van der Waals surface area contributed by atoms with E-state index in [0.717, 1.165) is 8.96 Å².